The third kappa shape index (κ3) is 3.59. The Bertz CT molecular complexity index is 746. The lowest BCUT2D eigenvalue weighted by Gasteiger charge is -2.36. The summed E-state index contributed by atoms with van der Waals surface area (Å²) in [7, 11) is 0. The van der Waals surface area contributed by atoms with Crippen molar-refractivity contribution < 1.29 is 4.79 Å². The van der Waals surface area contributed by atoms with Gasteiger partial charge in [0.1, 0.15) is 0 Å². The van der Waals surface area contributed by atoms with E-state index in [-0.39, 0.29) is 5.92 Å². The van der Waals surface area contributed by atoms with Gasteiger partial charge in [0.2, 0.25) is 5.91 Å². The van der Waals surface area contributed by atoms with E-state index >= 15 is 0 Å². The fourth-order valence-corrected chi connectivity index (χ4v) is 4.16. The van der Waals surface area contributed by atoms with Gasteiger partial charge in [-0.1, -0.05) is 36.4 Å². The van der Waals surface area contributed by atoms with Crippen LogP contribution in [-0.4, -0.2) is 39.8 Å². The molecule has 4 heteroatoms. The molecular weight excluding hydrogens is 310 g/mol. The first-order valence-corrected chi connectivity index (χ1v) is 9.18. The molecule has 1 aromatic heterocycles. The van der Waals surface area contributed by atoms with E-state index < -0.39 is 0 Å². The van der Waals surface area contributed by atoms with Crippen LogP contribution in [0.3, 0.4) is 0 Å². The van der Waals surface area contributed by atoms with Crippen molar-refractivity contribution in [3.8, 4) is 0 Å². The van der Waals surface area contributed by atoms with Gasteiger partial charge in [0, 0.05) is 37.9 Å². The highest BCUT2D eigenvalue weighted by atomic mass is 16.2. The Morgan fingerprint density at radius 3 is 2.64 bits per heavy atom. The molecule has 0 spiro atoms. The minimum atomic E-state index is 0.132. The molecule has 4 nitrogen and oxygen atoms in total. The van der Waals surface area contributed by atoms with Crippen molar-refractivity contribution in [3.05, 3.63) is 65.5 Å². The van der Waals surface area contributed by atoms with E-state index in [1.54, 1.807) is 0 Å². The Labute approximate surface area is 149 Å². The number of nitrogens with zero attached hydrogens (tertiary/aromatic N) is 3. The summed E-state index contributed by atoms with van der Waals surface area (Å²) >= 11 is 0. The minimum Gasteiger partial charge on any atom is -0.334 e. The zero-order valence-corrected chi connectivity index (χ0v) is 14.8. The quantitative estimate of drug-likeness (QED) is 0.862. The van der Waals surface area contributed by atoms with E-state index in [2.05, 4.69) is 39.0 Å². The molecule has 3 saturated heterocycles. The maximum atomic E-state index is 12.9. The van der Waals surface area contributed by atoms with E-state index in [0.29, 0.717) is 11.9 Å². The fraction of sp³-hybridized carbons (Fsp3) is 0.429. The summed E-state index contributed by atoms with van der Waals surface area (Å²) < 4.78 is 0. The molecule has 3 fully saturated rings. The number of aromatic nitrogens is 1. The second-order valence-corrected chi connectivity index (χ2v) is 7.34. The summed E-state index contributed by atoms with van der Waals surface area (Å²) in [5.41, 5.74) is 3.37. The minimum absolute atomic E-state index is 0.132. The molecule has 2 atom stereocenters. The van der Waals surface area contributed by atoms with E-state index in [9.17, 15) is 4.79 Å². The molecule has 0 N–H and O–H groups in total. The molecule has 1 amide bonds. The molecule has 0 unspecified atom stereocenters. The SMILES string of the molecule is Cc1cccc(CN2C[C@@H]3CC[C@H](C2)N(Cc2ccccc2)C3=O)n1. The van der Waals surface area contributed by atoms with Crippen LogP contribution >= 0.6 is 0 Å². The summed E-state index contributed by atoms with van der Waals surface area (Å²) in [5, 5.41) is 0. The Hall–Kier alpha value is -2.20. The molecule has 0 aliphatic carbocycles. The normalized spacial score (nSPS) is 23.7. The lowest BCUT2D eigenvalue weighted by molar-refractivity contribution is -0.140. The number of pyridine rings is 1. The van der Waals surface area contributed by atoms with Crippen LogP contribution in [0.1, 0.15) is 29.8 Å². The van der Waals surface area contributed by atoms with Crippen LogP contribution < -0.4 is 0 Å². The fourth-order valence-electron chi connectivity index (χ4n) is 4.16. The molecule has 5 rings (SSSR count). The van der Waals surface area contributed by atoms with Crippen molar-refractivity contribution in [1.82, 2.24) is 14.8 Å². The molecule has 25 heavy (non-hydrogen) atoms. The number of carbonyl (C=O) groups is 1. The van der Waals surface area contributed by atoms with Crippen LogP contribution in [0.2, 0.25) is 0 Å². The third-order valence-electron chi connectivity index (χ3n) is 5.40. The summed E-state index contributed by atoms with van der Waals surface area (Å²) in [4.78, 5) is 22.1. The standard InChI is InChI=1S/C21H25N3O/c1-16-6-5-9-19(22-16)14-23-13-18-10-11-20(15-23)24(21(18)25)12-17-7-3-2-4-8-17/h2-9,18,20H,10-15H2,1H3/t18-,20+/m0/s1. The number of hydrogen-bond acceptors (Lipinski definition) is 3. The van der Waals surface area contributed by atoms with Gasteiger partial charge in [0.25, 0.3) is 0 Å². The van der Waals surface area contributed by atoms with Gasteiger partial charge in [-0.2, -0.15) is 0 Å². The van der Waals surface area contributed by atoms with Crippen molar-refractivity contribution in [2.24, 2.45) is 5.92 Å². The summed E-state index contributed by atoms with van der Waals surface area (Å²) in [6.45, 7) is 5.40. The van der Waals surface area contributed by atoms with Crippen LogP contribution in [0.25, 0.3) is 0 Å². The van der Waals surface area contributed by atoms with Crippen molar-refractivity contribution in [1.29, 1.82) is 0 Å². The predicted octanol–water partition coefficient (Wildman–Crippen LogP) is 3.01. The lowest BCUT2D eigenvalue weighted by atomic mass is 9.93. The number of hydrogen-bond donors (Lipinski definition) is 0. The number of fused-ring (bicyclic) bond motifs is 4. The smallest absolute Gasteiger partial charge is 0.227 e. The Morgan fingerprint density at radius 1 is 1.00 bits per heavy atom. The number of carbonyl (C=O) groups excluding carboxylic acids is 1. The van der Waals surface area contributed by atoms with Gasteiger partial charge in [-0.05, 0) is 37.5 Å². The van der Waals surface area contributed by atoms with Gasteiger partial charge in [-0.15, -0.1) is 0 Å². The highest BCUT2D eigenvalue weighted by Gasteiger charge is 2.40. The van der Waals surface area contributed by atoms with Crippen molar-refractivity contribution in [2.75, 3.05) is 13.1 Å². The molecule has 0 radical (unpaired) electrons. The molecule has 2 aromatic rings. The monoisotopic (exact) mass is 335 g/mol. The Morgan fingerprint density at radius 2 is 1.84 bits per heavy atom. The van der Waals surface area contributed by atoms with E-state index in [1.807, 2.05) is 31.2 Å². The van der Waals surface area contributed by atoms with Gasteiger partial charge in [-0.3, -0.25) is 14.7 Å². The molecule has 2 bridgehead atoms. The zero-order valence-electron chi connectivity index (χ0n) is 14.8. The van der Waals surface area contributed by atoms with Crippen LogP contribution in [0, 0.1) is 12.8 Å². The summed E-state index contributed by atoms with van der Waals surface area (Å²) in [6.07, 6.45) is 2.13. The molecule has 0 saturated carbocycles. The van der Waals surface area contributed by atoms with Crippen LogP contribution in [0.4, 0.5) is 0 Å². The van der Waals surface area contributed by atoms with E-state index in [4.69, 9.17) is 0 Å². The third-order valence-corrected chi connectivity index (χ3v) is 5.40. The van der Waals surface area contributed by atoms with Crippen LogP contribution in [0.5, 0.6) is 0 Å². The first kappa shape index (κ1) is 16.3. The summed E-state index contributed by atoms with van der Waals surface area (Å²) in [6, 6.07) is 16.8. The van der Waals surface area contributed by atoms with E-state index in [1.165, 1.54) is 5.56 Å². The topological polar surface area (TPSA) is 36.4 Å². The van der Waals surface area contributed by atoms with Gasteiger partial charge in [0.05, 0.1) is 11.6 Å². The van der Waals surface area contributed by atoms with Crippen LogP contribution in [0.15, 0.2) is 48.5 Å². The molecule has 130 valence electrons. The number of benzene rings is 1. The maximum absolute atomic E-state index is 12.9. The van der Waals surface area contributed by atoms with Crippen molar-refractivity contribution >= 4 is 5.91 Å². The van der Waals surface area contributed by atoms with Gasteiger partial charge in [0.15, 0.2) is 0 Å². The Balaban J connectivity index is 1.50. The van der Waals surface area contributed by atoms with Crippen LogP contribution in [-0.2, 0) is 17.9 Å². The lowest BCUT2D eigenvalue weighted by Crippen LogP contribution is -2.47. The molecule has 3 aliphatic heterocycles. The maximum Gasteiger partial charge on any atom is 0.227 e. The van der Waals surface area contributed by atoms with E-state index in [0.717, 1.165) is 50.4 Å². The first-order chi connectivity index (χ1) is 12.2. The second-order valence-electron chi connectivity index (χ2n) is 7.34. The zero-order chi connectivity index (χ0) is 17.2. The predicted molar refractivity (Wildman–Crippen MR) is 97.8 cm³/mol. The number of piperidine rings is 1. The first-order valence-electron chi connectivity index (χ1n) is 9.18. The second kappa shape index (κ2) is 6.96. The average Bonchev–Trinajstić information content (AvgIpc) is 2.88. The molecule has 1 aromatic carbocycles. The van der Waals surface area contributed by atoms with Gasteiger partial charge < -0.3 is 4.90 Å². The number of amides is 1. The largest absolute Gasteiger partial charge is 0.334 e. The average molecular weight is 335 g/mol. The highest BCUT2D eigenvalue weighted by Crippen LogP contribution is 2.31. The number of aryl methyl sites for hydroxylation is 1. The van der Waals surface area contributed by atoms with Gasteiger partial charge in [-0.25, -0.2) is 0 Å². The molecular formula is C21H25N3O. The van der Waals surface area contributed by atoms with Crippen molar-refractivity contribution in [2.45, 2.75) is 38.9 Å². The molecule has 3 aliphatic rings. The Kier molecular flexibility index (Phi) is 4.53. The highest BCUT2D eigenvalue weighted by molar-refractivity contribution is 5.80. The van der Waals surface area contributed by atoms with Crippen molar-refractivity contribution in [3.63, 3.8) is 0 Å². The number of rotatable bonds is 4. The molecule has 4 heterocycles. The summed E-state index contributed by atoms with van der Waals surface area (Å²) in [5.74, 6) is 0.465. The van der Waals surface area contributed by atoms with Gasteiger partial charge >= 0.3 is 0 Å².